The number of anilines is 1. The Kier molecular flexibility index (Phi) is 4.63. The molecule has 5 nitrogen and oxygen atoms in total. The fourth-order valence-electron chi connectivity index (χ4n) is 1.33. The van der Waals surface area contributed by atoms with Gasteiger partial charge >= 0.3 is 0 Å². The molecule has 0 aliphatic rings. The van der Waals surface area contributed by atoms with Gasteiger partial charge in [0.2, 0.25) is 5.13 Å². The minimum Gasteiger partial charge on any atom is -0.320 e. The molecule has 2 aromatic heterocycles. The Morgan fingerprint density at radius 2 is 2.37 bits per heavy atom. The Bertz CT molecular complexity index is 635. The number of nitrogens with two attached hydrogens (primary N) is 1. The van der Waals surface area contributed by atoms with Crippen LogP contribution in [0.2, 0.25) is 0 Å². The van der Waals surface area contributed by atoms with Gasteiger partial charge in [0, 0.05) is 5.56 Å². The smallest absolute Gasteiger partial charge is 0.268 e. The van der Waals surface area contributed by atoms with Crippen LogP contribution in [-0.2, 0) is 6.42 Å². The first-order valence-corrected chi connectivity index (χ1v) is 7.34. The lowest BCUT2D eigenvalue weighted by Crippen LogP contribution is -2.11. The number of carbonyl (C=O) groups excluding carboxylic acids is 1. The van der Waals surface area contributed by atoms with E-state index in [1.165, 1.54) is 22.7 Å². The lowest BCUT2D eigenvalue weighted by atomic mass is 10.2. The molecule has 0 atom stereocenters. The Balaban J connectivity index is 2.13. The number of rotatable bonds is 3. The molecule has 2 rings (SSSR count). The van der Waals surface area contributed by atoms with Crippen LogP contribution in [-0.4, -0.2) is 22.6 Å². The van der Waals surface area contributed by atoms with Gasteiger partial charge in [-0.2, -0.15) is 0 Å². The van der Waals surface area contributed by atoms with Crippen molar-refractivity contribution in [1.82, 2.24) is 10.2 Å². The monoisotopic (exact) mass is 292 g/mol. The molecule has 7 heteroatoms. The van der Waals surface area contributed by atoms with Crippen LogP contribution in [0.25, 0.3) is 0 Å². The Morgan fingerprint density at radius 3 is 3.05 bits per heavy atom. The summed E-state index contributed by atoms with van der Waals surface area (Å²) in [4.78, 5) is 12.7. The molecule has 98 valence electrons. The van der Waals surface area contributed by atoms with Crippen molar-refractivity contribution in [3.8, 4) is 11.8 Å². The summed E-state index contributed by atoms with van der Waals surface area (Å²) in [5.41, 5.74) is 6.01. The van der Waals surface area contributed by atoms with E-state index in [2.05, 4.69) is 27.4 Å². The van der Waals surface area contributed by atoms with Crippen LogP contribution in [0.15, 0.2) is 11.4 Å². The van der Waals surface area contributed by atoms with E-state index in [9.17, 15) is 4.79 Å². The Labute approximate surface area is 118 Å². The van der Waals surface area contributed by atoms with Gasteiger partial charge in [0.1, 0.15) is 9.88 Å². The number of aryl methyl sites for hydroxylation is 1. The average Bonchev–Trinajstić information content (AvgIpc) is 3.04. The maximum absolute atomic E-state index is 12.1. The molecular weight excluding hydrogens is 280 g/mol. The van der Waals surface area contributed by atoms with Crippen molar-refractivity contribution in [3.63, 3.8) is 0 Å². The number of carbonyl (C=O) groups is 1. The molecule has 0 spiro atoms. The summed E-state index contributed by atoms with van der Waals surface area (Å²) in [5.74, 6) is 5.41. The van der Waals surface area contributed by atoms with E-state index in [0.29, 0.717) is 15.6 Å². The lowest BCUT2D eigenvalue weighted by Gasteiger charge is -1.98. The quantitative estimate of drug-likeness (QED) is 0.844. The zero-order chi connectivity index (χ0) is 13.7. The largest absolute Gasteiger partial charge is 0.320 e. The summed E-state index contributed by atoms with van der Waals surface area (Å²) in [6, 6.07) is 1.81. The Hall–Kier alpha value is -1.75. The van der Waals surface area contributed by atoms with Crippen molar-refractivity contribution in [2.24, 2.45) is 5.73 Å². The lowest BCUT2D eigenvalue weighted by molar-refractivity contribution is 0.103. The number of thiophene rings is 1. The second-order valence-electron chi connectivity index (χ2n) is 3.48. The highest BCUT2D eigenvalue weighted by Gasteiger charge is 2.14. The summed E-state index contributed by atoms with van der Waals surface area (Å²) in [6.45, 7) is 2.26. The minimum atomic E-state index is -0.213. The summed E-state index contributed by atoms with van der Waals surface area (Å²) in [5, 5.41) is 13.8. The van der Waals surface area contributed by atoms with Crippen molar-refractivity contribution in [2.45, 2.75) is 13.3 Å². The van der Waals surface area contributed by atoms with E-state index in [4.69, 9.17) is 5.73 Å². The first kappa shape index (κ1) is 13.7. The molecule has 0 saturated carbocycles. The van der Waals surface area contributed by atoms with Gasteiger partial charge in [0.25, 0.3) is 5.91 Å². The zero-order valence-corrected chi connectivity index (χ0v) is 11.9. The molecule has 0 radical (unpaired) electrons. The predicted molar refractivity (Wildman–Crippen MR) is 77.5 cm³/mol. The van der Waals surface area contributed by atoms with Crippen LogP contribution in [0.4, 0.5) is 5.13 Å². The number of hydrogen-bond acceptors (Lipinski definition) is 6. The first-order valence-electron chi connectivity index (χ1n) is 5.64. The molecule has 3 N–H and O–H groups in total. The maximum atomic E-state index is 12.1. The molecular formula is C12H12N4OS2. The molecule has 2 aromatic rings. The van der Waals surface area contributed by atoms with Crippen molar-refractivity contribution < 1.29 is 4.79 Å². The topological polar surface area (TPSA) is 80.9 Å². The molecule has 0 bridgehead atoms. The second-order valence-corrected chi connectivity index (χ2v) is 5.46. The van der Waals surface area contributed by atoms with E-state index in [0.717, 1.165) is 11.4 Å². The standard InChI is InChI=1S/C12H12N4OS2/c1-2-9-15-16-12(19-9)14-11(17)10-8(4-3-6-13)5-7-18-10/h5,7H,2,6,13H2,1H3,(H,14,16,17). The van der Waals surface area contributed by atoms with E-state index in [1.807, 2.05) is 12.3 Å². The second kappa shape index (κ2) is 6.43. The third kappa shape index (κ3) is 3.38. The van der Waals surface area contributed by atoms with Crippen molar-refractivity contribution in [1.29, 1.82) is 0 Å². The third-order valence-electron chi connectivity index (χ3n) is 2.19. The Morgan fingerprint density at radius 1 is 1.53 bits per heavy atom. The molecule has 2 heterocycles. The van der Waals surface area contributed by atoms with Crippen LogP contribution in [0.1, 0.15) is 27.2 Å². The van der Waals surface area contributed by atoms with Gasteiger partial charge in [-0.05, 0) is 17.9 Å². The molecule has 0 aliphatic heterocycles. The summed E-state index contributed by atoms with van der Waals surface area (Å²) in [7, 11) is 0. The van der Waals surface area contributed by atoms with Gasteiger partial charge in [-0.3, -0.25) is 10.1 Å². The number of nitrogens with one attached hydrogen (secondary N) is 1. The highest BCUT2D eigenvalue weighted by atomic mass is 32.1. The van der Waals surface area contributed by atoms with Crippen LogP contribution in [0, 0.1) is 11.8 Å². The highest BCUT2D eigenvalue weighted by molar-refractivity contribution is 7.15. The molecule has 0 fully saturated rings. The summed E-state index contributed by atoms with van der Waals surface area (Å²) < 4.78 is 0. The van der Waals surface area contributed by atoms with Crippen LogP contribution < -0.4 is 11.1 Å². The molecule has 1 amide bonds. The van der Waals surface area contributed by atoms with Crippen LogP contribution in [0.5, 0.6) is 0 Å². The zero-order valence-electron chi connectivity index (χ0n) is 10.3. The normalized spacial score (nSPS) is 9.79. The van der Waals surface area contributed by atoms with E-state index in [-0.39, 0.29) is 12.5 Å². The number of nitrogens with zero attached hydrogens (tertiary/aromatic N) is 2. The number of hydrogen-bond donors (Lipinski definition) is 2. The average molecular weight is 292 g/mol. The van der Waals surface area contributed by atoms with E-state index < -0.39 is 0 Å². The molecule has 0 unspecified atom stereocenters. The molecule has 0 aliphatic carbocycles. The van der Waals surface area contributed by atoms with Gasteiger partial charge in [-0.15, -0.1) is 21.5 Å². The maximum Gasteiger partial charge on any atom is 0.268 e. The van der Waals surface area contributed by atoms with Crippen molar-refractivity contribution >= 4 is 33.7 Å². The first-order chi connectivity index (χ1) is 9.24. The molecule has 19 heavy (non-hydrogen) atoms. The van der Waals surface area contributed by atoms with Gasteiger partial charge in [-0.25, -0.2) is 0 Å². The van der Waals surface area contributed by atoms with Crippen molar-refractivity contribution in [2.75, 3.05) is 11.9 Å². The summed E-state index contributed by atoms with van der Waals surface area (Å²) in [6.07, 6.45) is 0.805. The number of amides is 1. The number of aromatic nitrogens is 2. The highest BCUT2D eigenvalue weighted by Crippen LogP contribution is 2.20. The molecule has 0 saturated heterocycles. The minimum absolute atomic E-state index is 0.213. The van der Waals surface area contributed by atoms with E-state index >= 15 is 0 Å². The van der Waals surface area contributed by atoms with Gasteiger partial charge in [-0.1, -0.05) is 30.1 Å². The van der Waals surface area contributed by atoms with Crippen molar-refractivity contribution in [3.05, 3.63) is 26.9 Å². The van der Waals surface area contributed by atoms with Gasteiger partial charge in [0.15, 0.2) is 0 Å². The molecule has 0 aromatic carbocycles. The van der Waals surface area contributed by atoms with Crippen LogP contribution in [0.3, 0.4) is 0 Å². The van der Waals surface area contributed by atoms with Gasteiger partial charge < -0.3 is 5.73 Å². The van der Waals surface area contributed by atoms with Crippen LogP contribution >= 0.6 is 22.7 Å². The fraction of sp³-hybridized carbons (Fsp3) is 0.250. The summed E-state index contributed by atoms with van der Waals surface area (Å²) >= 11 is 2.72. The van der Waals surface area contributed by atoms with Gasteiger partial charge in [0.05, 0.1) is 6.54 Å². The predicted octanol–water partition coefficient (Wildman–Crippen LogP) is 1.72. The van der Waals surface area contributed by atoms with E-state index in [1.54, 1.807) is 6.07 Å². The fourth-order valence-corrected chi connectivity index (χ4v) is 2.75. The SMILES string of the molecule is CCc1nnc(NC(=O)c2sccc2C#CCN)s1. The third-order valence-corrected chi connectivity index (χ3v) is 4.08.